The van der Waals surface area contributed by atoms with E-state index in [1.165, 1.54) is 0 Å². The third-order valence-electron chi connectivity index (χ3n) is 4.99. The molecule has 0 saturated carbocycles. The lowest BCUT2D eigenvalue weighted by Gasteiger charge is -2.45. The van der Waals surface area contributed by atoms with Crippen LogP contribution < -0.4 is 0 Å². The van der Waals surface area contributed by atoms with Crippen molar-refractivity contribution < 1.29 is 55.1 Å². The van der Waals surface area contributed by atoms with Crippen LogP contribution in [0.15, 0.2) is 0 Å². The molecule has 2 saturated heterocycles. The van der Waals surface area contributed by atoms with Crippen LogP contribution in [0, 0.1) is 5.92 Å². The fourth-order valence-corrected chi connectivity index (χ4v) is 3.27. The fraction of sp³-hybridized carbons (Fsp3) is 1.00. The molecule has 0 bridgehead atoms. The Labute approximate surface area is 150 Å². The summed E-state index contributed by atoms with van der Waals surface area (Å²) in [6, 6.07) is 0. The van der Waals surface area contributed by atoms with E-state index in [4.69, 9.17) is 19.3 Å². The molecule has 0 aromatic heterocycles. The molecule has 2 rings (SSSR count). The van der Waals surface area contributed by atoms with Gasteiger partial charge in [0.25, 0.3) is 0 Å². The van der Waals surface area contributed by atoms with Gasteiger partial charge in [-0.2, -0.15) is 0 Å². The Balaban J connectivity index is 1.98. The van der Waals surface area contributed by atoms with Crippen molar-refractivity contribution in [1.82, 2.24) is 0 Å². The van der Waals surface area contributed by atoms with Gasteiger partial charge in [-0.15, -0.1) is 0 Å². The van der Waals surface area contributed by atoms with Crippen molar-refractivity contribution in [3.8, 4) is 0 Å². The molecule has 26 heavy (non-hydrogen) atoms. The standard InChI is InChI=1S/C15H28O11/c1-6-10(18)11(19)7(8(2-16)25-6)4-24-5-15(23)14(22)13(21)12(20)9(3-17)26-15/h6-14,16-23H,2-5H2,1H3/t6-,7+,8?,9?,10?,11+,12+,13+,14?,15-/m0/s1. The first-order valence-electron chi connectivity index (χ1n) is 8.41. The summed E-state index contributed by atoms with van der Waals surface area (Å²) in [5, 5.41) is 78.3. The minimum atomic E-state index is -2.41. The normalized spacial score (nSPS) is 50.0. The van der Waals surface area contributed by atoms with Crippen LogP contribution in [0.25, 0.3) is 0 Å². The minimum absolute atomic E-state index is 0.267. The van der Waals surface area contributed by atoms with E-state index in [1.54, 1.807) is 6.92 Å². The van der Waals surface area contributed by atoms with Gasteiger partial charge in [0.1, 0.15) is 37.1 Å². The van der Waals surface area contributed by atoms with Crippen LogP contribution in [0.2, 0.25) is 0 Å². The molecule has 0 amide bonds. The summed E-state index contributed by atoms with van der Waals surface area (Å²) >= 11 is 0. The smallest absolute Gasteiger partial charge is 0.219 e. The van der Waals surface area contributed by atoms with Crippen LogP contribution in [0.4, 0.5) is 0 Å². The molecule has 0 spiro atoms. The maximum atomic E-state index is 10.4. The molecule has 2 heterocycles. The van der Waals surface area contributed by atoms with Gasteiger partial charge in [-0.1, -0.05) is 0 Å². The third kappa shape index (κ3) is 4.18. The van der Waals surface area contributed by atoms with E-state index in [2.05, 4.69) is 0 Å². The number of ether oxygens (including phenoxy) is 3. The summed E-state index contributed by atoms with van der Waals surface area (Å²) in [4.78, 5) is 0. The van der Waals surface area contributed by atoms with Crippen molar-refractivity contribution in [2.24, 2.45) is 5.92 Å². The van der Waals surface area contributed by atoms with E-state index >= 15 is 0 Å². The second-order valence-electron chi connectivity index (χ2n) is 6.83. The maximum Gasteiger partial charge on any atom is 0.219 e. The lowest BCUT2D eigenvalue weighted by atomic mass is 9.87. The van der Waals surface area contributed by atoms with Crippen molar-refractivity contribution in [3.63, 3.8) is 0 Å². The van der Waals surface area contributed by atoms with Gasteiger partial charge in [-0.25, -0.2) is 0 Å². The zero-order chi connectivity index (χ0) is 19.6. The molecule has 0 radical (unpaired) electrons. The Morgan fingerprint density at radius 3 is 2.08 bits per heavy atom. The molecule has 0 aromatic rings. The van der Waals surface area contributed by atoms with Crippen LogP contribution >= 0.6 is 0 Å². The lowest BCUT2D eigenvalue weighted by Crippen LogP contribution is -2.67. The summed E-state index contributed by atoms with van der Waals surface area (Å²) in [6.45, 7) is -0.523. The van der Waals surface area contributed by atoms with Crippen LogP contribution in [0.5, 0.6) is 0 Å². The second-order valence-corrected chi connectivity index (χ2v) is 6.83. The van der Waals surface area contributed by atoms with E-state index in [-0.39, 0.29) is 6.61 Å². The molecule has 10 atom stereocenters. The van der Waals surface area contributed by atoms with Crippen LogP contribution in [-0.4, -0.2) is 122 Å². The molecule has 2 aliphatic heterocycles. The van der Waals surface area contributed by atoms with Crippen molar-refractivity contribution in [2.45, 2.75) is 61.5 Å². The van der Waals surface area contributed by atoms with E-state index in [1.807, 2.05) is 0 Å². The molecule has 0 aromatic carbocycles. The highest BCUT2D eigenvalue weighted by molar-refractivity contribution is 4.96. The van der Waals surface area contributed by atoms with Gasteiger partial charge in [-0.3, -0.25) is 0 Å². The quantitative estimate of drug-likeness (QED) is 0.219. The average molecular weight is 384 g/mol. The maximum absolute atomic E-state index is 10.4. The van der Waals surface area contributed by atoms with E-state index in [0.29, 0.717) is 0 Å². The van der Waals surface area contributed by atoms with Gasteiger partial charge in [0, 0.05) is 5.92 Å². The predicted molar refractivity (Wildman–Crippen MR) is 82.7 cm³/mol. The zero-order valence-electron chi connectivity index (χ0n) is 14.3. The van der Waals surface area contributed by atoms with Crippen molar-refractivity contribution >= 4 is 0 Å². The average Bonchev–Trinajstić information content (AvgIpc) is 2.62. The van der Waals surface area contributed by atoms with Gasteiger partial charge in [0.2, 0.25) is 5.79 Å². The molecule has 154 valence electrons. The van der Waals surface area contributed by atoms with Crippen LogP contribution in [-0.2, 0) is 14.2 Å². The largest absolute Gasteiger partial charge is 0.394 e. The van der Waals surface area contributed by atoms with Gasteiger partial charge in [0.15, 0.2) is 0 Å². The minimum Gasteiger partial charge on any atom is -0.394 e. The fourth-order valence-electron chi connectivity index (χ4n) is 3.27. The molecule has 11 heteroatoms. The Morgan fingerprint density at radius 2 is 1.50 bits per heavy atom. The van der Waals surface area contributed by atoms with Crippen molar-refractivity contribution in [1.29, 1.82) is 0 Å². The molecular weight excluding hydrogens is 356 g/mol. The van der Waals surface area contributed by atoms with Crippen molar-refractivity contribution in [3.05, 3.63) is 0 Å². The number of aliphatic hydroxyl groups excluding tert-OH is 7. The van der Waals surface area contributed by atoms with E-state index in [0.717, 1.165) is 0 Å². The van der Waals surface area contributed by atoms with E-state index < -0.39 is 80.4 Å². The highest BCUT2D eigenvalue weighted by Crippen LogP contribution is 2.30. The van der Waals surface area contributed by atoms with Gasteiger partial charge in [0.05, 0.1) is 38.1 Å². The molecule has 0 aliphatic carbocycles. The first-order chi connectivity index (χ1) is 12.2. The Hall–Kier alpha value is -0.440. The molecule has 2 aliphatic rings. The molecule has 2 fully saturated rings. The lowest BCUT2D eigenvalue weighted by molar-refractivity contribution is -0.362. The topological polar surface area (TPSA) is 190 Å². The number of hydrogen-bond donors (Lipinski definition) is 8. The van der Waals surface area contributed by atoms with E-state index in [9.17, 15) is 35.7 Å². The first kappa shape index (κ1) is 21.9. The van der Waals surface area contributed by atoms with Crippen molar-refractivity contribution in [2.75, 3.05) is 26.4 Å². The summed E-state index contributed by atoms with van der Waals surface area (Å²) in [6.07, 6.45) is -10.6. The summed E-state index contributed by atoms with van der Waals surface area (Å²) in [5.41, 5.74) is 0. The SMILES string of the molecule is C[C@@H]1OC(CO)[C@@H](COC[C@]2(O)OC(CO)[C@@H](O)[C@@H](O)C2O)[C@@H](O)C1O. The Bertz CT molecular complexity index is 447. The zero-order valence-corrected chi connectivity index (χ0v) is 14.3. The van der Waals surface area contributed by atoms with Gasteiger partial charge in [-0.05, 0) is 6.92 Å². The second kappa shape index (κ2) is 8.71. The molecule has 11 nitrogen and oxygen atoms in total. The molecule has 4 unspecified atom stereocenters. The predicted octanol–water partition coefficient (Wildman–Crippen LogP) is -4.72. The Morgan fingerprint density at radius 1 is 0.885 bits per heavy atom. The number of hydrogen-bond acceptors (Lipinski definition) is 11. The highest BCUT2D eigenvalue weighted by Gasteiger charge is 2.53. The number of aliphatic hydroxyl groups is 8. The third-order valence-corrected chi connectivity index (χ3v) is 4.99. The first-order valence-corrected chi connectivity index (χ1v) is 8.41. The Kier molecular flexibility index (Phi) is 7.32. The van der Waals surface area contributed by atoms with Gasteiger partial charge < -0.3 is 55.1 Å². The van der Waals surface area contributed by atoms with Crippen LogP contribution in [0.1, 0.15) is 6.92 Å². The summed E-state index contributed by atoms with van der Waals surface area (Å²) < 4.78 is 15.7. The van der Waals surface area contributed by atoms with Crippen LogP contribution in [0.3, 0.4) is 0 Å². The molecular formula is C15H28O11. The monoisotopic (exact) mass is 384 g/mol. The summed E-state index contributed by atoms with van der Waals surface area (Å²) in [7, 11) is 0. The van der Waals surface area contributed by atoms with Gasteiger partial charge >= 0.3 is 0 Å². The number of rotatable bonds is 6. The molecule has 8 N–H and O–H groups in total. The summed E-state index contributed by atoms with van der Waals surface area (Å²) in [5.74, 6) is -3.23. The highest BCUT2D eigenvalue weighted by atomic mass is 16.7.